The van der Waals surface area contributed by atoms with Gasteiger partial charge >= 0.3 is 5.97 Å². The molecule has 1 saturated heterocycles. The van der Waals surface area contributed by atoms with Gasteiger partial charge in [0.1, 0.15) is 5.92 Å². The Bertz CT molecular complexity index is 1160. The van der Waals surface area contributed by atoms with Crippen molar-refractivity contribution < 1.29 is 23.9 Å². The molecule has 0 spiro atoms. The highest BCUT2D eigenvalue weighted by atomic mass is 16.5. The number of benzene rings is 2. The fourth-order valence-corrected chi connectivity index (χ4v) is 3.86. The van der Waals surface area contributed by atoms with Crippen LogP contribution in [0, 0.1) is 5.92 Å². The lowest BCUT2D eigenvalue weighted by Gasteiger charge is -2.27. The third-order valence-electron chi connectivity index (χ3n) is 5.33. The molecule has 7 heteroatoms. The molecule has 3 aromatic rings. The highest BCUT2D eigenvalue weighted by Crippen LogP contribution is 2.41. The molecule has 1 aromatic heterocycles. The van der Waals surface area contributed by atoms with Crippen molar-refractivity contribution in [2.45, 2.75) is 13.0 Å². The summed E-state index contributed by atoms with van der Waals surface area (Å²) in [6.45, 7) is 1.96. The molecule has 0 N–H and O–H groups in total. The number of ether oxygens (including phenoxy) is 1. The Kier molecular flexibility index (Phi) is 5.89. The molecule has 4 rings (SSSR count). The highest BCUT2D eigenvalue weighted by Gasteiger charge is 2.52. The minimum atomic E-state index is -1.21. The number of rotatable bonds is 6. The largest absolute Gasteiger partial charge is 0.462 e. The van der Waals surface area contributed by atoms with Crippen LogP contribution in [0.2, 0.25) is 0 Å². The van der Waals surface area contributed by atoms with Crippen LogP contribution in [0.3, 0.4) is 0 Å². The Morgan fingerprint density at radius 3 is 2.28 bits per heavy atom. The van der Waals surface area contributed by atoms with Gasteiger partial charge in [0.25, 0.3) is 5.91 Å². The van der Waals surface area contributed by atoms with Gasteiger partial charge in [-0.05, 0) is 48.9 Å². The first kappa shape index (κ1) is 21.1. The number of anilines is 1. The molecule has 0 bridgehead atoms. The van der Waals surface area contributed by atoms with Gasteiger partial charge in [-0.15, -0.1) is 0 Å². The van der Waals surface area contributed by atoms with Gasteiger partial charge in [-0.1, -0.05) is 30.3 Å². The third kappa shape index (κ3) is 3.80. The lowest BCUT2D eigenvalue weighted by atomic mass is 9.86. The lowest BCUT2D eigenvalue weighted by Crippen LogP contribution is -2.30. The molecule has 1 aliphatic heterocycles. The van der Waals surface area contributed by atoms with E-state index in [1.54, 1.807) is 55.5 Å². The number of aromatic nitrogens is 1. The number of pyridine rings is 1. The van der Waals surface area contributed by atoms with E-state index in [2.05, 4.69) is 4.98 Å². The van der Waals surface area contributed by atoms with Gasteiger partial charge < -0.3 is 4.74 Å². The predicted octanol–water partition coefficient (Wildman–Crippen LogP) is 3.41. The van der Waals surface area contributed by atoms with Crippen molar-refractivity contribution >= 4 is 29.1 Å². The topological polar surface area (TPSA) is 93.6 Å². The smallest absolute Gasteiger partial charge is 0.338 e. The van der Waals surface area contributed by atoms with Crippen molar-refractivity contribution in [2.24, 2.45) is 5.92 Å². The number of amides is 1. The molecule has 0 aliphatic carbocycles. The molecule has 1 amide bonds. The second-order valence-electron chi connectivity index (χ2n) is 7.25. The third-order valence-corrected chi connectivity index (χ3v) is 5.33. The molecule has 1 aliphatic rings. The van der Waals surface area contributed by atoms with Crippen molar-refractivity contribution in [1.29, 1.82) is 0 Å². The zero-order valence-corrected chi connectivity index (χ0v) is 17.3. The summed E-state index contributed by atoms with van der Waals surface area (Å²) in [5.41, 5.74) is 1.65. The molecule has 2 aromatic carbocycles. The molecule has 32 heavy (non-hydrogen) atoms. The molecule has 0 radical (unpaired) electrons. The summed E-state index contributed by atoms with van der Waals surface area (Å²) in [5, 5.41) is 0. The van der Waals surface area contributed by atoms with Crippen molar-refractivity contribution in [1.82, 2.24) is 4.98 Å². The number of carbonyl (C=O) groups excluding carboxylic acids is 4. The average molecular weight is 428 g/mol. The van der Waals surface area contributed by atoms with E-state index in [1.165, 1.54) is 29.4 Å². The lowest BCUT2D eigenvalue weighted by molar-refractivity contribution is -0.135. The maximum atomic E-state index is 13.3. The fraction of sp³-hybridized carbons (Fsp3) is 0.160. The van der Waals surface area contributed by atoms with Crippen LogP contribution in [0.1, 0.15) is 39.2 Å². The monoisotopic (exact) mass is 428 g/mol. The second-order valence-corrected chi connectivity index (χ2v) is 7.25. The van der Waals surface area contributed by atoms with Crippen LogP contribution in [0.25, 0.3) is 0 Å². The minimum absolute atomic E-state index is 0.244. The number of nitrogens with zero attached hydrogens (tertiary/aromatic N) is 2. The van der Waals surface area contributed by atoms with Crippen LogP contribution in [0.5, 0.6) is 0 Å². The van der Waals surface area contributed by atoms with Gasteiger partial charge in [0.2, 0.25) is 5.78 Å². The molecule has 1 fully saturated rings. The van der Waals surface area contributed by atoms with Gasteiger partial charge in [0, 0.05) is 23.6 Å². The molecule has 2 atom stereocenters. The van der Waals surface area contributed by atoms with Crippen LogP contribution < -0.4 is 4.90 Å². The summed E-state index contributed by atoms with van der Waals surface area (Å²) in [5.74, 6) is -3.70. The number of ketones is 2. The first-order valence-corrected chi connectivity index (χ1v) is 10.2. The standard InChI is InChI=1S/C25H20N2O5/c1-2-32-25(31)17-10-12-19(13-11-17)27-21(16-7-4-3-5-8-16)20(23(29)24(27)30)22(28)18-9-6-14-26-15-18/h3-15,20-21H,2H2,1H3. The molecule has 7 nitrogen and oxygen atoms in total. The van der Waals surface area contributed by atoms with Crippen LogP contribution in [-0.4, -0.2) is 35.0 Å². The molecule has 160 valence electrons. The zero-order valence-electron chi connectivity index (χ0n) is 17.3. The van der Waals surface area contributed by atoms with Crippen LogP contribution in [0.4, 0.5) is 5.69 Å². The van der Waals surface area contributed by atoms with Crippen molar-refractivity contribution in [3.8, 4) is 0 Å². The summed E-state index contributed by atoms with van der Waals surface area (Å²) in [7, 11) is 0. The van der Waals surface area contributed by atoms with E-state index >= 15 is 0 Å². The van der Waals surface area contributed by atoms with E-state index in [4.69, 9.17) is 4.74 Å². The van der Waals surface area contributed by atoms with Gasteiger partial charge in [-0.3, -0.25) is 24.3 Å². The minimum Gasteiger partial charge on any atom is -0.462 e. The van der Waals surface area contributed by atoms with Crippen molar-refractivity contribution in [2.75, 3.05) is 11.5 Å². The van der Waals surface area contributed by atoms with E-state index in [1.807, 2.05) is 6.07 Å². The van der Waals surface area contributed by atoms with E-state index in [0.717, 1.165) is 0 Å². The summed E-state index contributed by atoms with van der Waals surface area (Å²) in [6, 6.07) is 17.5. The summed E-state index contributed by atoms with van der Waals surface area (Å²) in [6.07, 6.45) is 2.92. The van der Waals surface area contributed by atoms with Crippen molar-refractivity contribution in [3.63, 3.8) is 0 Å². The van der Waals surface area contributed by atoms with E-state index < -0.39 is 35.4 Å². The Morgan fingerprint density at radius 1 is 0.938 bits per heavy atom. The highest BCUT2D eigenvalue weighted by molar-refractivity contribution is 6.49. The first-order valence-electron chi connectivity index (χ1n) is 10.2. The molecule has 0 saturated carbocycles. The second kappa shape index (κ2) is 8.93. The van der Waals surface area contributed by atoms with E-state index in [9.17, 15) is 19.2 Å². The first-order chi connectivity index (χ1) is 15.5. The number of Topliss-reactive ketones (excluding diaryl/α,β-unsaturated/α-hetero) is 2. The van der Waals surface area contributed by atoms with Gasteiger partial charge in [-0.2, -0.15) is 0 Å². The maximum Gasteiger partial charge on any atom is 0.338 e. The predicted molar refractivity (Wildman–Crippen MR) is 116 cm³/mol. The Morgan fingerprint density at radius 2 is 1.66 bits per heavy atom. The number of carbonyl (C=O) groups is 4. The van der Waals surface area contributed by atoms with E-state index in [0.29, 0.717) is 16.8 Å². The van der Waals surface area contributed by atoms with E-state index in [-0.39, 0.29) is 12.2 Å². The fourth-order valence-electron chi connectivity index (χ4n) is 3.86. The SMILES string of the molecule is CCOC(=O)c1ccc(N2C(=O)C(=O)C(C(=O)c3cccnc3)C2c2ccccc2)cc1. The summed E-state index contributed by atoms with van der Waals surface area (Å²) >= 11 is 0. The van der Waals surface area contributed by atoms with Crippen LogP contribution in [-0.2, 0) is 14.3 Å². The summed E-state index contributed by atoms with van der Waals surface area (Å²) < 4.78 is 5.00. The van der Waals surface area contributed by atoms with Gasteiger partial charge in [-0.25, -0.2) is 4.79 Å². The summed E-state index contributed by atoms with van der Waals surface area (Å²) in [4.78, 5) is 56.7. The normalized spacial score (nSPS) is 18.0. The number of esters is 1. The maximum absolute atomic E-state index is 13.3. The average Bonchev–Trinajstić information content (AvgIpc) is 3.10. The quantitative estimate of drug-likeness (QED) is 0.259. The molecule has 2 heterocycles. The molecular formula is C25H20N2O5. The Labute approximate surface area is 184 Å². The van der Waals surface area contributed by atoms with Crippen LogP contribution >= 0.6 is 0 Å². The Hall–Kier alpha value is -4.13. The van der Waals surface area contributed by atoms with Crippen LogP contribution in [0.15, 0.2) is 79.1 Å². The molecular weight excluding hydrogens is 408 g/mol. The molecule has 2 unspecified atom stereocenters. The Balaban J connectivity index is 1.77. The number of hydrogen-bond acceptors (Lipinski definition) is 6. The van der Waals surface area contributed by atoms with Gasteiger partial charge in [0.15, 0.2) is 5.78 Å². The van der Waals surface area contributed by atoms with Gasteiger partial charge in [0.05, 0.1) is 18.2 Å². The van der Waals surface area contributed by atoms with Crippen molar-refractivity contribution in [3.05, 3.63) is 95.8 Å². The zero-order chi connectivity index (χ0) is 22.7. The number of hydrogen-bond donors (Lipinski definition) is 0.